The van der Waals surface area contributed by atoms with Crippen molar-refractivity contribution in [2.75, 3.05) is 0 Å². The first-order valence-electron chi connectivity index (χ1n) is 5.03. The highest BCUT2D eigenvalue weighted by Gasteiger charge is 2.12. The summed E-state index contributed by atoms with van der Waals surface area (Å²) in [5.41, 5.74) is 1.70. The van der Waals surface area contributed by atoms with Gasteiger partial charge in [-0.2, -0.15) is 0 Å². The molecular formula is C12H13NO3. The first-order chi connectivity index (χ1) is 7.58. The first kappa shape index (κ1) is 10.7. The summed E-state index contributed by atoms with van der Waals surface area (Å²) in [5, 5.41) is 19.3. The van der Waals surface area contributed by atoms with E-state index in [0.29, 0.717) is 5.56 Å². The topological polar surface area (TPSA) is 62.5 Å². The number of carbonyl (C=O) groups is 1. The second kappa shape index (κ2) is 3.98. The van der Waals surface area contributed by atoms with Crippen molar-refractivity contribution >= 4 is 16.9 Å². The zero-order valence-electron chi connectivity index (χ0n) is 8.92. The van der Waals surface area contributed by atoms with E-state index < -0.39 is 12.1 Å². The SMILES string of the molecule is Cn1ccc2cc([C@H](O)CC(=O)O)ccc21. The van der Waals surface area contributed by atoms with Crippen molar-refractivity contribution < 1.29 is 15.0 Å². The fraction of sp³-hybridized carbons (Fsp3) is 0.250. The predicted molar refractivity (Wildman–Crippen MR) is 60.1 cm³/mol. The van der Waals surface area contributed by atoms with Gasteiger partial charge in [0.1, 0.15) is 0 Å². The van der Waals surface area contributed by atoms with Crippen molar-refractivity contribution in [3.05, 3.63) is 36.0 Å². The van der Waals surface area contributed by atoms with Gasteiger partial charge in [0, 0.05) is 18.8 Å². The number of aliphatic hydroxyl groups excluding tert-OH is 1. The minimum Gasteiger partial charge on any atom is -0.481 e. The quantitative estimate of drug-likeness (QED) is 0.825. The summed E-state index contributed by atoms with van der Waals surface area (Å²) in [6.07, 6.45) is 0.721. The van der Waals surface area contributed by atoms with Crippen molar-refractivity contribution in [3.8, 4) is 0 Å². The zero-order chi connectivity index (χ0) is 11.7. The van der Waals surface area contributed by atoms with Crippen LogP contribution in [-0.2, 0) is 11.8 Å². The van der Waals surface area contributed by atoms with Crippen LogP contribution in [0, 0.1) is 0 Å². The number of aliphatic carboxylic acids is 1. The highest BCUT2D eigenvalue weighted by molar-refractivity contribution is 5.81. The second-order valence-electron chi connectivity index (χ2n) is 3.86. The highest BCUT2D eigenvalue weighted by atomic mass is 16.4. The molecule has 0 radical (unpaired) electrons. The molecule has 0 unspecified atom stereocenters. The average Bonchev–Trinajstić information content (AvgIpc) is 2.59. The molecule has 0 saturated heterocycles. The molecule has 1 aromatic carbocycles. The Bertz CT molecular complexity index is 530. The Labute approximate surface area is 92.7 Å². The lowest BCUT2D eigenvalue weighted by atomic mass is 10.0. The number of aryl methyl sites for hydroxylation is 1. The summed E-state index contributed by atoms with van der Waals surface area (Å²) in [6, 6.07) is 7.40. The third-order valence-electron chi connectivity index (χ3n) is 2.66. The summed E-state index contributed by atoms with van der Waals surface area (Å²) in [6.45, 7) is 0. The Morgan fingerprint density at radius 1 is 1.44 bits per heavy atom. The molecule has 0 saturated carbocycles. The van der Waals surface area contributed by atoms with Gasteiger partial charge in [0.25, 0.3) is 0 Å². The lowest BCUT2D eigenvalue weighted by Gasteiger charge is -2.08. The molecule has 84 valence electrons. The van der Waals surface area contributed by atoms with Gasteiger partial charge in [-0.05, 0) is 29.1 Å². The Morgan fingerprint density at radius 2 is 2.19 bits per heavy atom. The number of benzene rings is 1. The van der Waals surface area contributed by atoms with Gasteiger partial charge in [0.05, 0.1) is 12.5 Å². The molecule has 2 aromatic rings. The van der Waals surface area contributed by atoms with E-state index in [1.54, 1.807) is 6.07 Å². The van der Waals surface area contributed by atoms with Crippen molar-refractivity contribution in [2.24, 2.45) is 7.05 Å². The molecule has 4 nitrogen and oxygen atoms in total. The van der Waals surface area contributed by atoms with Crippen molar-refractivity contribution in [1.29, 1.82) is 0 Å². The largest absolute Gasteiger partial charge is 0.481 e. The number of rotatable bonds is 3. The Morgan fingerprint density at radius 3 is 2.88 bits per heavy atom. The van der Waals surface area contributed by atoms with Gasteiger partial charge < -0.3 is 14.8 Å². The maximum Gasteiger partial charge on any atom is 0.306 e. The number of carboxylic acid groups (broad SMARTS) is 1. The molecule has 0 fully saturated rings. The number of aromatic nitrogens is 1. The van der Waals surface area contributed by atoms with E-state index >= 15 is 0 Å². The lowest BCUT2D eigenvalue weighted by molar-refractivity contribution is -0.139. The molecule has 0 bridgehead atoms. The summed E-state index contributed by atoms with van der Waals surface area (Å²) in [5.74, 6) is -0.999. The monoisotopic (exact) mass is 219 g/mol. The maximum absolute atomic E-state index is 10.5. The highest BCUT2D eigenvalue weighted by Crippen LogP contribution is 2.22. The predicted octanol–water partition coefficient (Wildman–Crippen LogP) is 1.69. The number of aliphatic hydroxyl groups is 1. The van der Waals surface area contributed by atoms with Crippen LogP contribution >= 0.6 is 0 Å². The van der Waals surface area contributed by atoms with Crippen molar-refractivity contribution in [2.45, 2.75) is 12.5 Å². The van der Waals surface area contributed by atoms with Gasteiger partial charge in [0.2, 0.25) is 0 Å². The van der Waals surface area contributed by atoms with E-state index in [4.69, 9.17) is 5.11 Å². The summed E-state index contributed by atoms with van der Waals surface area (Å²) in [4.78, 5) is 10.5. The van der Waals surface area contributed by atoms with Crippen LogP contribution in [0.3, 0.4) is 0 Å². The molecule has 2 rings (SSSR count). The van der Waals surface area contributed by atoms with Crippen LogP contribution in [0.15, 0.2) is 30.5 Å². The van der Waals surface area contributed by atoms with E-state index in [1.165, 1.54) is 0 Å². The first-order valence-corrected chi connectivity index (χ1v) is 5.03. The molecular weight excluding hydrogens is 206 g/mol. The molecule has 0 amide bonds. The normalized spacial score (nSPS) is 12.9. The van der Waals surface area contributed by atoms with Crippen LogP contribution in [0.2, 0.25) is 0 Å². The smallest absolute Gasteiger partial charge is 0.306 e. The molecule has 16 heavy (non-hydrogen) atoms. The fourth-order valence-corrected chi connectivity index (χ4v) is 1.79. The maximum atomic E-state index is 10.5. The fourth-order valence-electron chi connectivity index (χ4n) is 1.79. The molecule has 1 heterocycles. The zero-order valence-corrected chi connectivity index (χ0v) is 8.92. The van der Waals surface area contributed by atoms with Crippen LogP contribution in [0.25, 0.3) is 10.9 Å². The number of hydrogen-bond acceptors (Lipinski definition) is 2. The average molecular weight is 219 g/mol. The van der Waals surface area contributed by atoms with E-state index in [1.807, 2.05) is 36.0 Å². The van der Waals surface area contributed by atoms with Crippen LogP contribution < -0.4 is 0 Å². The number of fused-ring (bicyclic) bond motifs is 1. The van der Waals surface area contributed by atoms with E-state index in [0.717, 1.165) is 10.9 Å². The molecule has 0 aliphatic heterocycles. The van der Waals surface area contributed by atoms with Gasteiger partial charge in [-0.1, -0.05) is 6.07 Å². The van der Waals surface area contributed by atoms with Crippen LogP contribution in [-0.4, -0.2) is 20.7 Å². The molecule has 1 atom stereocenters. The number of nitrogens with zero attached hydrogens (tertiary/aromatic N) is 1. The minimum absolute atomic E-state index is 0.266. The Hall–Kier alpha value is -1.81. The molecule has 0 aliphatic rings. The van der Waals surface area contributed by atoms with Gasteiger partial charge >= 0.3 is 5.97 Å². The van der Waals surface area contributed by atoms with E-state index in [9.17, 15) is 9.90 Å². The number of hydrogen-bond donors (Lipinski definition) is 2. The standard InChI is InChI=1S/C12H13NO3/c1-13-5-4-8-6-9(2-3-10(8)13)11(14)7-12(15)16/h2-6,11,14H,7H2,1H3,(H,15,16)/t11-/m1/s1. The Balaban J connectivity index is 2.35. The van der Waals surface area contributed by atoms with E-state index in [-0.39, 0.29) is 6.42 Å². The molecule has 0 spiro atoms. The Kier molecular flexibility index (Phi) is 2.66. The third kappa shape index (κ3) is 1.92. The van der Waals surface area contributed by atoms with Gasteiger partial charge in [-0.25, -0.2) is 0 Å². The van der Waals surface area contributed by atoms with Gasteiger partial charge in [-0.15, -0.1) is 0 Å². The summed E-state index contributed by atoms with van der Waals surface area (Å²) in [7, 11) is 1.94. The third-order valence-corrected chi connectivity index (χ3v) is 2.66. The van der Waals surface area contributed by atoms with E-state index in [2.05, 4.69) is 0 Å². The second-order valence-corrected chi connectivity index (χ2v) is 3.86. The molecule has 0 aliphatic carbocycles. The van der Waals surface area contributed by atoms with Gasteiger partial charge in [-0.3, -0.25) is 4.79 Å². The number of carboxylic acids is 1. The minimum atomic E-state index is -0.999. The van der Waals surface area contributed by atoms with Gasteiger partial charge in [0.15, 0.2) is 0 Å². The molecule has 1 aromatic heterocycles. The summed E-state index contributed by atoms with van der Waals surface area (Å²) >= 11 is 0. The van der Waals surface area contributed by atoms with Crippen molar-refractivity contribution in [3.63, 3.8) is 0 Å². The van der Waals surface area contributed by atoms with Crippen LogP contribution in [0.5, 0.6) is 0 Å². The van der Waals surface area contributed by atoms with Crippen molar-refractivity contribution in [1.82, 2.24) is 4.57 Å². The molecule has 4 heteroatoms. The summed E-state index contributed by atoms with van der Waals surface area (Å²) < 4.78 is 1.97. The van der Waals surface area contributed by atoms with Crippen LogP contribution in [0.4, 0.5) is 0 Å². The van der Waals surface area contributed by atoms with Crippen LogP contribution in [0.1, 0.15) is 18.1 Å². The molecule has 2 N–H and O–H groups in total. The lowest BCUT2D eigenvalue weighted by Crippen LogP contribution is -2.05.